The molecule has 0 saturated carbocycles. The van der Waals surface area contributed by atoms with Gasteiger partial charge >= 0.3 is 0 Å². The molecule has 2 unspecified atom stereocenters. The number of halogens is 1. The van der Waals surface area contributed by atoms with Crippen molar-refractivity contribution in [3.05, 3.63) is 196 Å². The Balaban J connectivity index is 0.000000139. The summed E-state index contributed by atoms with van der Waals surface area (Å²) < 4.78 is 56.7. The molecule has 736 valence electrons. The van der Waals surface area contributed by atoms with Gasteiger partial charge in [0, 0.05) is 145 Å². The minimum Gasteiger partial charge on any atom is -0.367 e. The monoisotopic (exact) mass is 1880 g/mol. The molecule has 6 fully saturated rings. The number of carbonyl (C=O) groups is 6. The number of amides is 6. The smallest absolute Gasteiger partial charge is 0.251 e. The molecular formula is C101H138FN23O12. The van der Waals surface area contributed by atoms with E-state index in [0.717, 1.165) is 141 Å². The largest absolute Gasteiger partial charge is 0.367 e. The van der Waals surface area contributed by atoms with Crippen LogP contribution in [-0.2, 0) is 119 Å². The number of pyridine rings is 2. The summed E-state index contributed by atoms with van der Waals surface area (Å²) in [6, 6.07) is 43.4. The standard InChI is InChI=1S/C19H25N3O2.2C17H24N4O2.C16H21FN4O2.2C16H22N4O2/c1-13-11-14-7-4-5-8-15(14)17(21-13)19(2,3)22-18(23)16-12-20-9-6-10-24-16;1-11-5-6-12-13(9-11)21(4)20-15(12)17(2,3)19-16(22)14-10-18-7-8-23-14;1-17(2,19-16(22)14-11-18-9-6-10-23-14)15-12-7-4-5-8-13(12)21(3)20-15;1-16(2,19-15(22)12-9-18-7-8-23-12)14-13-10(17)5-4-6-11(13)21(3)20-14;1-11-5-4-6-13-12(9-18-20(11)13)16(2,3)19-15(21)14-10-17-7-8-22-14;1-16(2,18-15(21)13-10-17-8-9-22-13)14-11-6-4-5-7-12(11)20(3)19-14/h4-5,7-8,11,16,20H,6,9-10,12H2,1-3H3,(H,22,23);5-6,9,14,18H,7-8,10H2,1-4H3,(H,19,22);4-5,7-8,14,18H,6,9-11H2,1-3H3,(H,19,22);4-6,12,18H,7-9H2,1-3H3,(H,19,22);4-6,9,14,17H,7-8,10H2,1-3H3,(H,19,21);4-7,13,17H,8-10H2,1-3H3,(H,18,21)/t;14-;;12-;14-;13-/m.0.000/s1. The quantitative estimate of drug-likeness (QED) is 0.0390. The molecule has 137 heavy (non-hydrogen) atoms. The van der Waals surface area contributed by atoms with Gasteiger partial charge in [-0.3, -0.25) is 52.5 Å². The molecule has 6 saturated heterocycles. The van der Waals surface area contributed by atoms with Crippen LogP contribution in [0.25, 0.3) is 59.9 Å². The summed E-state index contributed by atoms with van der Waals surface area (Å²) in [7, 11) is 7.52. The maximum Gasteiger partial charge on any atom is 0.251 e. The van der Waals surface area contributed by atoms with Crippen LogP contribution in [0.3, 0.4) is 0 Å². The Kier molecular flexibility index (Phi) is 33.6. The van der Waals surface area contributed by atoms with Crippen LogP contribution >= 0.6 is 0 Å². The number of ether oxygens (including phenoxy) is 6. The van der Waals surface area contributed by atoms with Crippen LogP contribution in [0.4, 0.5) is 4.39 Å². The van der Waals surface area contributed by atoms with Crippen molar-refractivity contribution in [1.29, 1.82) is 0 Å². The lowest BCUT2D eigenvalue weighted by Crippen LogP contribution is -2.52. The van der Waals surface area contributed by atoms with Gasteiger partial charge in [-0.15, -0.1) is 0 Å². The maximum atomic E-state index is 14.3. The number of hydrogen-bond acceptors (Lipinski definition) is 24. The predicted octanol–water partition coefficient (Wildman–Crippen LogP) is 7.75. The first kappa shape index (κ1) is 103. The van der Waals surface area contributed by atoms with Gasteiger partial charge in [-0.2, -0.15) is 25.5 Å². The van der Waals surface area contributed by atoms with Gasteiger partial charge in [0.1, 0.15) is 42.4 Å². The van der Waals surface area contributed by atoms with Crippen LogP contribution in [0.5, 0.6) is 0 Å². The average Bonchev–Trinajstić information content (AvgIpc) is 1.42. The third-order valence-electron chi connectivity index (χ3n) is 25.0. The summed E-state index contributed by atoms with van der Waals surface area (Å²) in [5.74, 6) is -1.06. The number of para-hydroxylation sites is 2. The number of aryl methyl sites for hydroxylation is 7. The van der Waals surface area contributed by atoms with E-state index in [-0.39, 0.29) is 41.3 Å². The molecule has 6 aliphatic rings. The van der Waals surface area contributed by atoms with Crippen molar-refractivity contribution in [1.82, 2.24) is 118 Å². The van der Waals surface area contributed by atoms with Crippen LogP contribution in [0.15, 0.2) is 140 Å². The summed E-state index contributed by atoms with van der Waals surface area (Å²) in [4.78, 5) is 79.7. The molecule has 36 heteroatoms. The van der Waals surface area contributed by atoms with E-state index in [1.54, 1.807) is 23.9 Å². The van der Waals surface area contributed by atoms with Crippen molar-refractivity contribution in [2.24, 2.45) is 28.2 Å². The van der Waals surface area contributed by atoms with Gasteiger partial charge in [0.25, 0.3) is 35.4 Å². The summed E-state index contributed by atoms with van der Waals surface area (Å²) >= 11 is 0. The first-order valence-electron chi connectivity index (χ1n) is 47.3. The van der Waals surface area contributed by atoms with Gasteiger partial charge in [-0.25, -0.2) is 8.91 Å². The number of carbonyl (C=O) groups excluding carboxylic acids is 6. The normalized spacial score (nSPS) is 19.2. The van der Waals surface area contributed by atoms with Crippen molar-refractivity contribution < 1.29 is 61.6 Å². The molecule has 6 atom stereocenters. The number of aromatic nitrogens is 11. The molecule has 6 aliphatic heterocycles. The topological polar surface area (TPSA) is 404 Å². The molecule has 18 rings (SSSR count). The molecule has 13 heterocycles. The Morgan fingerprint density at radius 3 is 1.12 bits per heavy atom. The fraction of sp³-hybridized carbons (Fsp3) is 0.505. The lowest BCUT2D eigenvalue weighted by atomic mass is 9.94. The first-order chi connectivity index (χ1) is 65.2. The van der Waals surface area contributed by atoms with Crippen LogP contribution in [0, 0.1) is 26.6 Å². The first-order valence-corrected chi connectivity index (χ1v) is 47.3. The van der Waals surface area contributed by atoms with Gasteiger partial charge < -0.3 is 92.2 Å². The van der Waals surface area contributed by atoms with Gasteiger partial charge in [-0.05, 0) is 189 Å². The van der Waals surface area contributed by atoms with Crippen molar-refractivity contribution in [3.63, 3.8) is 0 Å². The van der Waals surface area contributed by atoms with Crippen LogP contribution in [0.2, 0.25) is 0 Å². The molecular weight excluding hydrogens is 1750 g/mol. The third-order valence-corrected chi connectivity index (χ3v) is 25.0. The highest BCUT2D eigenvalue weighted by atomic mass is 19.1. The van der Waals surface area contributed by atoms with E-state index in [1.165, 1.54) is 11.6 Å². The second kappa shape index (κ2) is 44.9. The van der Waals surface area contributed by atoms with Crippen LogP contribution in [-0.4, -0.2) is 244 Å². The number of rotatable bonds is 18. The number of hydrogen-bond donors (Lipinski definition) is 12. The number of fused-ring (bicyclic) bond motifs is 6. The molecule has 0 bridgehead atoms. The molecule has 0 aliphatic carbocycles. The Bertz CT molecular complexity index is 6180. The fourth-order valence-corrected chi connectivity index (χ4v) is 17.7. The van der Waals surface area contributed by atoms with E-state index >= 15 is 0 Å². The van der Waals surface area contributed by atoms with Crippen molar-refractivity contribution in [2.75, 3.05) is 118 Å². The lowest BCUT2D eigenvalue weighted by Gasteiger charge is -2.30. The Morgan fingerprint density at radius 1 is 0.350 bits per heavy atom. The third kappa shape index (κ3) is 25.3. The predicted molar refractivity (Wildman–Crippen MR) is 526 cm³/mol. The fourth-order valence-electron chi connectivity index (χ4n) is 17.7. The second-order valence-corrected chi connectivity index (χ2v) is 38.7. The van der Waals surface area contributed by atoms with Gasteiger partial charge in [0.05, 0.1) is 127 Å². The zero-order valence-electron chi connectivity index (χ0n) is 82.6. The molecule has 12 aromatic rings. The molecule has 0 radical (unpaired) electrons. The van der Waals surface area contributed by atoms with Crippen molar-refractivity contribution >= 4 is 95.3 Å². The van der Waals surface area contributed by atoms with E-state index in [2.05, 4.69) is 133 Å². The van der Waals surface area contributed by atoms with Gasteiger partial charge in [0.15, 0.2) is 0 Å². The molecule has 0 spiro atoms. The van der Waals surface area contributed by atoms with Crippen LogP contribution in [0.1, 0.15) is 147 Å². The maximum absolute atomic E-state index is 14.3. The van der Waals surface area contributed by atoms with Crippen molar-refractivity contribution in [2.45, 2.75) is 187 Å². The second-order valence-electron chi connectivity index (χ2n) is 38.7. The summed E-state index contributed by atoms with van der Waals surface area (Å²) in [6.07, 6.45) is 0.912. The number of benzene rings is 5. The highest BCUT2D eigenvalue weighted by molar-refractivity contribution is 5.91. The lowest BCUT2D eigenvalue weighted by molar-refractivity contribution is -0.136. The number of morpholine rings is 4. The van der Waals surface area contributed by atoms with Crippen LogP contribution < -0.4 is 63.8 Å². The molecule has 35 nitrogen and oxygen atoms in total. The summed E-state index contributed by atoms with van der Waals surface area (Å²) in [6.45, 7) is 41.0. The van der Waals surface area contributed by atoms with E-state index < -0.39 is 69.9 Å². The molecule has 7 aromatic heterocycles. The summed E-state index contributed by atoms with van der Waals surface area (Å²) in [5.41, 5.74) is 9.40. The van der Waals surface area contributed by atoms with E-state index in [1.807, 2.05) is 222 Å². The molecule has 5 aromatic carbocycles. The zero-order valence-corrected chi connectivity index (χ0v) is 82.6. The molecule has 12 N–H and O–H groups in total. The van der Waals surface area contributed by atoms with Gasteiger partial charge in [0.2, 0.25) is 0 Å². The van der Waals surface area contributed by atoms with E-state index in [9.17, 15) is 33.2 Å². The average molecular weight is 1890 g/mol. The van der Waals surface area contributed by atoms with Gasteiger partial charge in [-0.1, -0.05) is 84.9 Å². The summed E-state index contributed by atoms with van der Waals surface area (Å²) in [5, 5.41) is 66.0. The van der Waals surface area contributed by atoms with E-state index in [4.69, 9.17) is 33.4 Å². The van der Waals surface area contributed by atoms with Crippen molar-refractivity contribution in [3.8, 4) is 0 Å². The number of nitrogens with one attached hydrogen (secondary N) is 12. The minimum absolute atomic E-state index is 0.0933. The van der Waals surface area contributed by atoms with E-state index in [0.29, 0.717) is 95.5 Å². The highest BCUT2D eigenvalue weighted by Gasteiger charge is 2.40. The zero-order chi connectivity index (χ0) is 98.3. The Labute approximate surface area is 799 Å². The highest BCUT2D eigenvalue weighted by Crippen LogP contribution is 2.35. The molecule has 6 amide bonds. The SMILES string of the molecule is Cc1cc2ccccc2c(C(C)(C)NC(=O)C2CNCCCO2)n1.Cc1ccc2c(C(C)(C)NC(=O)[C@@H]3CNCCO3)nn(C)c2c1.Cc1cccc2c(C(C)(C)NC(=O)[C@@H]3CNCCO3)cnn12.Cn1nc(C(C)(C)NC(=O)C2CNCCCO2)c2ccccc21.Cn1nc(C(C)(C)NC(=O)[C@@H]2CNCCO2)c2c(F)cccc21.Cn1nc(C(C)(C)NC(=O)[C@@H]2CNCCO2)c2ccccc21. The Hall–Kier alpha value is -11.7. The minimum atomic E-state index is -0.820. The number of nitrogens with zero attached hydrogens (tertiary/aromatic N) is 11. The Morgan fingerprint density at radius 2 is 0.686 bits per heavy atom.